The molecule has 0 bridgehead atoms. The summed E-state index contributed by atoms with van der Waals surface area (Å²) in [6.07, 6.45) is 0. The van der Waals surface area contributed by atoms with E-state index in [-0.39, 0.29) is 0 Å². The summed E-state index contributed by atoms with van der Waals surface area (Å²) in [6, 6.07) is 8.43. The first-order valence-electron chi connectivity index (χ1n) is 5.22. The third kappa shape index (κ3) is 3.17. The van der Waals surface area contributed by atoms with Gasteiger partial charge in [0, 0.05) is 17.6 Å². The van der Waals surface area contributed by atoms with Crippen molar-refractivity contribution >= 4 is 27.3 Å². The SMILES string of the molecule is Cc1cscc1CNCc1ccc(Br)cc1. The predicted octanol–water partition coefficient (Wildman–Crippen LogP) is 4.11. The van der Waals surface area contributed by atoms with Crippen molar-refractivity contribution in [3.8, 4) is 0 Å². The van der Waals surface area contributed by atoms with Gasteiger partial charge in [-0.05, 0) is 46.5 Å². The van der Waals surface area contributed by atoms with Crippen molar-refractivity contribution in [2.75, 3.05) is 0 Å². The van der Waals surface area contributed by atoms with Gasteiger partial charge in [-0.1, -0.05) is 28.1 Å². The van der Waals surface area contributed by atoms with Crippen LogP contribution >= 0.6 is 27.3 Å². The summed E-state index contributed by atoms with van der Waals surface area (Å²) in [5, 5.41) is 7.86. The maximum Gasteiger partial charge on any atom is 0.0219 e. The molecule has 0 radical (unpaired) electrons. The second kappa shape index (κ2) is 5.62. The Morgan fingerprint density at radius 2 is 1.88 bits per heavy atom. The number of hydrogen-bond donors (Lipinski definition) is 1. The Kier molecular flexibility index (Phi) is 4.16. The van der Waals surface area contributed by atoms with Crippen LogP contribution in [0.5, 0.6) is 0 Å². The number of nitrogens with one attached hydrogen (secondary N) is 1. The Morgan fingerprint density at radius 3 is 2.50 bits per heavy atom. The Morgan fingerprint density at radius 1 is 1.12 bits per heavy atom. The van der Waals surface area contributed by atoms with Gasteiger partial charge in [0.25, 0.3) is 0 Å². The molecule has 1 nitrogen and oxygen atoms in total. The average molecular weight is 296 g/mol. The molecule has 3 heteroatoms. The zero-order valence-electron chi connectivity index (χ0n) is 9.16. The molecule has 0 fully saturated rings. The molecule has 0 saturated heterocycles. The van der Waals surface area contributed by atoms with Crippen molar-refractivity contribution in [3.63, 3.8) is 0 Å². The van der Waals surface area contributed by atoms with Crippen LogP contribution in [0.2, 0.25) is 0 Å². The summed E-state index contributed by atoms with van der Waals surface area (Å²) in [7, 11) is 0. The van der Waals surface area contributed by atoms with Crippen LogP contribution in [0.15, 0.2) is 39.5 Å². The fourth-order valence-corrected chi connectivity index (χ4v) is 2.63. The number of aryl methyl sites for hydroxylation is 1. The van der Waals surface area contributed by atoms with Crippen LogP contribution in [0.1, 0.15) is 16.7 Å². The molecule has 2 rings (SSSR count). The van der Waals surface area contributed by atoms with E-state index in [0.717, 1.165) is 17.6 Å². The third-order valence-electron chi connectivity index (χ3n) is 2.52. The van der Waals surface area contributed by atoms with E-state index in [2.05, 4.69) is 63.2 Å². The zero-order chi connectivity index (χ0) is 11.4. The van der Waals surface area contributed by atoms with Crippen LogP contribution in [0.25, 0.3) is 0 Å². The Bertz CT molecular complexity index is 447. The molecular formula is C13H14BrNS. The van der Waals surface area contributed by atoms with E-state index in [9.17, 15) is 0 Å². The molecule has 2 aromatic rings. The van der Waals surface area contributed by atoms with E-state index in [1.54, 1.807) is 11.3 Å². The van der Waals surface area contributed by atoms with Gasteiger partial charge in [0.05, 0.1) is 0 Å². The predicted molar refractivity (Wildman–Crippen MR) is 73.7 cm³/mol. The molecule has 0 amide bonds. The van der Waals surface area contributed by atoms with Crippen LogP contribution in [0.3, 0.4) is 0 Å². The van der Waals surface area contributed by atoms with Gasteiger partial charge >= 0.3 is 0 Å². The molecule has 0 unspecified atom stereocenters. The van der Waals surface area contributed by atoms with E-state index in [4.69, 9.17) is 0 Å². The number of thiophene rings is 1. The Hall–Kier alpha value is -0.640. The summed E-state index contributed by atoms with van der Waals surface area (Å²) in [5.41, 5.74) is 4.10. The standard InChI is InChI=1S/C13H14BrNS/c1-10-8-16-9-12(10)7-15-6-11-2-4-13(14)5-3-11/h2-5,8-9,15H,6-7H2,1H3. The normalized spacial score (nSPS) is 10.6. The first-order valence-corrected chi connectivity index (χ1v) is 6.96. The van der Waals surface area contributed by atoms with Gasteiger partial charge in [0.15, 0.2) is 0 Å². The molecule has 0 atom stereocenters. The van der Waals surface area contributed by atoms with E-state index in [0.29, 0.717) is 0 Å². The summed E-state index contributed by atoms with van der Waals surface area (Å²) in [4.78, 5) is 0. The van der Waals surface area contributed by atoms with Gasteiger partial charge in [-0.3, -0.25) is 0 Å². The summed E-state index contributed by atoms with van der Waals surface area (Å²) >= 11 is 5.20. The topological polar surface area (TPSA) is 12.0 Å². The first kappa shape index (κ1) is 11.8. The largest absolute Gasteiger partial charge is 0.309 e. The molecule has 0 aliphatic heterocycles. The van der Waals surface area contributed by atoms with Gasteiger partial charge in [-0.2, -0.15) is 11.3 Å². The Labute approximate surface area is 109 Å². The second-order valence-corrected chi connectivity index (χ2v) is 5.47. The monoisotopic (exact) mass is 295 g/mol. The van der Waals surface area contributed by atoms with Gasteiger partial charge in [0.2, 0.25) is 0 Å². The molecule has 1 N–H and O–H groups in total. The number of hydrogen-bond acceptors (Lipinski definition) is 2. The molecule has 1 aromatic carbocycles. The minimum Gasteiger partial charge on any atom is -0.309 e. The van der Waals surface area contributed by atoms with Crippen LogP contribution in [0, 0.1) is 6.92 Å². The van der Waals surface area contributed by atoms with Crippen LogP contribution in [-0.2, 0) is 13.1 Å². The highest BCUT2D eigenvalue weighted by molar-refractivity contribution is 9.10. The minimum absolute atomic E-state index is 0.919. The van der Waals surface area contributed by atoms with Crippen LogP contribution in [0.4, 0.5) is 0 Å². The molecule has 0 aliphatic carbocycles. The van der Waals surface area contributed by atoms with Crippen molar-refractivity contribution < 1.29 is 0 Å². The lowest BCUT2D eigenvalue weighted by Crippen LogP contribution is -2.12. The maximum atomic E-state index is 3.46. The van der Waals surface area contributed by atoms with Gasteiger partial charge in [-0.25, -0.2) is 0 Å². The maximum absolute atomic E-state index is 3.46. The molecule has 0 saturated carbocycles. The fourth-order valence-electron chi connectivity index (χ4n) is 1.51. The lowest BCUT2D eigenvalue weighted by atomic mass is 10.2. The number of benzene rings is 1. The molecule has 1 aromatic heterocycles. The highest BCUT2D eigenvalue weighted by atomic mass is 79.9. The Balaban J connectivity index is 1.84. The summed E-state index contributed by atoms with van der Waals surface area (Å²) < 4.78 is 1.13. The highest BCUT2D eigenvalue weighted by Crippen LogP contribution is 2.14. The summed E-state index contributed by atoms with van der Waals surface area (Å²) in [5.74, 6) is 0. The average Bonchev–Trinajstić information content (AvgIpc) is 2.68. The summed E-state index contributed by atoms with van der Waals surface area (Å²) in [6.45, 7) is 4.03. The van der Waals surface area contributed by atoms with E-state index in [1.165, 1.54) is 16.7 Å². The third-order valence-corrected chi connectivity index (χ3v) is 3.96. The highest BCUT2D eigenvalue weighted by Gasteiger charge is 1.98. The first-order chi connectivity index (χ1) is 7.75. The molecule has 16 heavy (non-hydrogen) atoms. The van der Waals surface area contributed by atoms with E-state index >= 15 is 0 Å². The van der Waals surface area contributed by atoms with E-state index < -0.39 is 0 Å². The van der Waals surface area contributed by atoms with Crippen molar-refractivity contribution in [2.45, 2.75) is 20.0 Å². The van der Waals surface area contributed by atoms with Crippen molar-refractivity contribution in [3.05, 3.63) is 56.2 Å². The lowest BCUT2D eigenvalue weighted by molar-refractivity contribution is 0.692. The molecule has 1 heterocycles. The van der Waals surface area contributed by atoms with Crippen LogP contribution in [-0.4, -0.2) is 0 Å². The van der Waals surface area contributed by atoms with Crippen molar-refractivity contribution in [1.82, 2.24) is 5.32 Å². The van der Waals surface area contributed by atoms with Gasteiger partial charge in [0.1, 0.15) is 0 Å². The smallest absolute Gasteiger partial charge is 0.0219 e. The lowest BCUT2D eigenvalue weighted by Gasteiger charge is -2.04. The zero-order valence-corrected chi connectivity index (χ0v) is 11.6. The van der Waals surface area contributed by atoms with E-state index in [1.807, 2.05) is 0 Å². The van der Waals surface area contributed by atoms with Crippen LogP contribution < -0.4 is 5.32 Å². The van der Waals surface area contributed by atoms with Crippen molar-refractivity contribution in [2.24, 2.45) is 0 Å². The molecule has 0 aliphatic rings. The van der Waals surface area contributed by atoms with Gasteiger partial charge in [-0.15, -0.1) is 0 Å². The van der Waals surface area contributed by atoms with Crippen molar-refractivity contribution in [1.29, 1.82) is 0 Å². The van der Waals surface area contributed by atoms with Gasteiger partial charge < -0.3 is 5.32 Å². The minimum atomic E-state index is 0.919. The fraction of sp³-hybridized carbons (Fsp3) is 0.231. The second-order valence-electron chi connectivity index (χ2n) is 3.81. The molecular weight excluding hydrogens is 282 g/mol. The number of rotatable bonds is 4. The molecule has 84 valence electrons. The quantitative estimate of drug-likeness (QED) is 0.895. The molecule has 0 spiro atoms. The number of halogens is 1.